The van der Waals surface area contributed by atoms with Gasteiger partial charge in [-0.2, -0.15) is 0 Å². The lowest BCUT2D eigenvalue weighted by molar-refractivity contribution is -0.120. The summed E-state index contributed by atoms with van der Waals surface area (Å²) in [4.78, 5) is 29.0. The SMILES string of the molecule is COc1cccc(C2CC(=O)NC(NC(=O)c3ccc(Cl)cc3)=N2)c1OC. The lowest BCUT2D eigenvalue weighted by Gasteiger charge is -2.23. The number of amides is 2. The van der Waals surface area contributed by atoms with Crippen LogP contribution < -0.4 is 20.1 Å². The maximum Gasteiger partial charge on any atom is 0.257 e. The lowest BCUT2D eigenvalue weighted by Crippen LogP contribution is -2.47. The van der Waals surface area contributed by atoms with Crippen molar-refractivity contribution in [3.8, 4) is 11.5 Å². The Morgan fingerprint density at radius 2 is 1.93 bits per heavy atom. The number of ether oxygens (including phenoxy) is 2. The van der Waals surface area contributed by atoms with E-state index in [4.69, 9.17) is 21.1 Å². The summed E-state index contributed by atoms with van der Waals surface area (Å²) < 4.78 is 10.7. The number of aliphatic imine (C=N–C) groups is 1. The molecule has 0 radical (unpaired) electrons. The van der Waals surface area contributed by atoms with E-state index in [1.165, 1.54) is 14.2 Å². The van der Waals surface area contributed by atoms with E-state index in [9.17, 15) is 9.59 Å². The number of hydrogen-bond acceptors (Lipinski definition) is 5. The molecule has 27 heavy (non-hydrogen) atoms. The van der Waals surface area contributed by atoms with Gasteiger partial charge in [0, 0.05) is 16.1 Å². The van der Waals surface area contributed by atoms with Crippen LogP contribution in [0.5, 0.6) is 11.5 Å². The van der Waals surface area contributed by atoms with E-state index < -0.39 is 11.9 Å². The third-order valence-corrected chi connectivity index (χ3v) is 4.30. The molecule has 1 heterocycles. The van der Waals surface area contributed by atoms with E-state index in [0.717, 1.165) is 0 Å². The number of rotatable bonds is 4. The van der Waals surface area contributed by atoms with Crippen molar-refractivity contribution in [2.24, 2.45) is 4.99 Å². The molecule has 2 amide bonds. The molecule has 1 atom stereocenters. The molecule has 1 unspecified atom stereocenters. The van der Waals surface area contributed by atoms with E-state index in [0.29, 0.717) is 27.6 Å². The molecule has 0 spiro atoms. The van der Waals surface area contributed by atoms with Gasteiger partial charge in [0.2, 0.25) is 11.9 Å². The molecular formula is C19H18ClN3O4. The van der Waals surface area contributed by atoms with Gasteiger partial charge in [-0.3, -0.25) is 20.2 Å². The van der Waals surface area contributed by atoms with Crippen LogP contribution >= 0.6 is 11.6 Å². The fraction of sp³-hybridized carbons (Fsp3) is 0.211. The van der Waals surface area contributed by atoms with Gasteiger partial charge < -0.3 is 9.47 Å². The highest BCUT2D eigenvalue weighted by Crippen LogP contribution is 2.38. The molecule has 0 fully saturated rings. The number of carbonyl (C=O) groups is 2. The highest BCUT2D eigenvalue weighted by Gasteiger charge is 2.27. The first-order valence-corrected chi connectivity index (χ1v) is 8.55. The van der Waals surface area contributed by atoms with Crippen molar-refractivity contribution in [1.29, 1.82) is 0 Å². The number of para-hydroxylation sites is 1. The normalized spacial score (nSPS) is 16.2. The molecule has 2 N–H and O–H groups in total. The molecule has 3 rings (SSSR count). The molecule has 0 saturated heterocycles. The van der Waals surface area contributed by atoms with Crippen LogP contribution in [0.25, 0.3) is 0 Å². The van der Waals surface area contributed by atoms with Crippen LogP contribution in [-0.4, -0.2) is 32.0 Å². The molecule has 0 aliphatic carbocycles. The first kappa shape index (κ1) is 18.7. The van der Waals surface area contributed by atoms with E-state index in [-0.39, 0.29) is 18.3 Å². The molecule has 2 aromatic rings. The van der Waals surface area contributed by atoms with Crippen LogP contribution in [-0.2, 0) is 4.79 Å². The third kappa shape index (κ3) is 4.20. The second-order valence-corrected chi connectivity index (χ2v) is 6.23. The van der Waals surface area contributed by atoms with Crippen molar-refractivity contribution >= 4 is 29.4 Å². The molecule has 0 bridgehead atoms. The van der Waals surface area contributed by atoms with E-state index in [2.05, 4.69) is 15.6 Å². The van der Waals surface area contributed by atoms with Crippen LogP contribution in [0.3, 0.4) is 0 Å². The number of halogens is 1. The number of nitrogens with zero attached hydrogens (tertiary/aromatic N) is 1. The van der Waals surface area contributed by atoms with E-state index in [1.807, 2.05) is 6.07 Å². The van der Waals surface area contributed by atoms with Gasteiger partial charge >= 0.3 is 0 Å². The van der Waals surface area contributed by atoms with Crippen molar-refractivity contribution in [3.63, 3.8) is 0 Å². The maximum atomic E-state index is 12.4. The maximum absolute atomic E-state index is 12.4. The molecule has 8 heteroatoms. The van der Waals surface area contributed by atoms with Gasteiger partial charge in [-0.15, -0.1) is 0 Å². The van der Waals surface area contributed by atoms with E-state index >= 15 is 0 Å². The summed E-state index contributed by atoms with van der Waals surface area (Å²) in [6, 6.07) is 11.3. The van der Waals surface area contributed by atoms with Crippen LogP contribution in [0, 0.1) is 0 Å². The summed E-state index contributed by atoms with van der Waals surface area (Å²) in [5.74, 6) is 0.478. The Balaban J connectivity index is 1.87. The zero-order valence-electron chi connectivity index (χ0n) is 14.8. The molecular weight excluding hydrogens is 370 g/mol. The number of guanidine groups is 1. The van der Waals surface area contributed by atoms with Crippen molar-refractivity contribution in [3.05, 3.63) is 58.6 Å². The Morgan fingerprint density at radius 3 is 2.59 bits per heavy atom. The minimum absolute atomic E-state index is 0.0843. The summed E-state index contributed by atoms with van der Waals surface area (Å²) in [5.41, 5.74) is 1.10. The Morgan fingerprint density at radius 1 is 1.19 bits per heavy atom. The molecule has 0 saturated carbocycles. The Kier molecular flexibility index (Phi) is 5.61. The first-order chi connectivity index (χ1) is 13.0. The highest BCUT2D eigenvalue weighted by molar-refractivity contribution is 6.30. The Labute approximate surface area is 161 Å². The number of hydrogen-bond donors (Lipinski definition) is 2. The Hall–Kier alpha value is -3.06. The van der Waals surface area contributed by atoms with Gasteiger partial charge in [-0.05, 0) is 30.3 Å². The molecule has 1 aliphatic rings. The number of benzene rings is 2. The van der Waals surface area contributed by atoms with Crippen molar-refractivity contribution < 1.29 is 19.1 Å². The zero-order valence-corrected chi connectivity index (χ0v) is 15.5. The molecule has 140 valence electrons. The zero-order chi connectivity index (χ0) is 19.4. The largest absolute Gasteiger partial charge is 0.493 e. The third-order valence-electron chi connectivity index (χ3n) is 4.05. The predicted octanol–water partition coefficient (Wildman–Crippen LogP) is 2.70. The summed E-state index contributed by atoms with van der Waals surface area (Å²) >= 11 is 5.83. The van der Waals surface area contributed by atoms with Gasteiger partial charge in [-0.1, -0.05) is 23.7 Å². The fourth-order valence-corrected chi connectivity index (χ4v) is 2.92. The molecule has 7 nitrogen and oxygen atoms in total. The summed E-state index contributed by atoms with van der Waals surface area (Å²) in [5, 5.41) is 5.72. The van der Waals surface area contributed by atoms with Gasteiger partial charge in [-0.25, -0.2) is 4.99 Å². The summed E-state index contributed by atoms with van der Waals surface area (Å²) in [6.45, 7) is 0. The standard InChI is InChI=1S/C19H18ClN3O4/c1-26-15-5-3-4-13(17(15)27-2)14-10-16(24)22-19(21-14)23-18(25)11-6-8-12(20)9-7-11/h3-9,14H,10H2,1-2H3,(H2,21,22,23,24,25). The second-order valence-electron chi connectivity index (χ2n) is 5.79. The highest BCUT2D eigenvalue weighted by atomic mass is 35.5. The first-order valence-electron chi connectivity index (χ1n) is 8.17. The molecule has 2 aromatic carbocycles. The van der Waals surface area contributed by atoms with Crippen molar-refractivity contribution in [1.82, 2.24) is 10.6 Å². The average Bonchev–Trinajstić information content (AvgIpc) is 2.67. The van der Waals surface area contributed by atoms with Crippen molar-refractivity contribution in [2.75, 3.05) is 14.2 Å². The smallest absolute Gasteiger partial charge is 0.257 e. The van der Waals surface area contributed by atoms with Crippen LogP contribution in [0.1, 0.15) is 28.4 Å². The summed E-state index contributed by atoms with van der Waals surface area (Å²) in [7, 11) is 3.06. The number of methoxy groups -OCH3 is 2. The topological polar surface area (TPSA) is 89.0 Å². The Bertz CT molecular complexity index is 896. The summed E-state index contributed by atoms with van der Waals surface area (Å²) in [6.07, 6.45) is 0.129. The quantitative estimate of drug-likeness (QED) is 0.844. The number of carbonyl (C=O) groups excluding carboxylic acids is 2. The van der Waals surface area contributed by atoms with Gasteiger partial charge in [0.25, 0.3) is 5.91 Å². The fourth-order valence-electron chi connectivity index (χ4n) is 2.79. The predicted molar refractivity (Wildman–Crippen MR) is 101 cm³/mol. The van der Waals surface area contributed by atoms with E-state index in [1.54, 1.807) is 36.4 Å². The van der Waals surface area contributed by atoms with Crippen LogP contribution in [0.4, 0.5) is 0 Å². The molecule has 1 aliphatic heterocycles. The van der Waals surface area contributed by atoms with Crippen LogP contribution in [0.15, 0.2) is 47.5 Å². The molecule has 0 aromatic heterocycles. The van der Waals surface area contributed by atoms with Crippen molar-refractivity contribution in [2.45, 2.75) is 12.5 Å². The second kappa shape index (κ2) is 8.09. The monoisotopic (exact) mass is 387 g/mol. The van der Waals surface area contributed by atoms with Gasteiger partial charge in [0.1, 0.15) is 0 Å². The van der Waals surface area contributed by atoms with Crippen LogP contribution in [0.2, 0.25) is 5.02 Å². The average molecular weight is 388 g/mol. The minimum Gasteiger partial charge on any atom is -0.493 e. The van der Waals surface area contributed by atoms with Gasteiger partial charge in [0.15, 0.2) is 11.5 Å². The lowest BCUT2D eigenvalue weighted by atomic mass is 10.0. The minimum atomic E-state index is -0.510. The van der Waals surface area contributed by atoms with Gasteiger partial charge in [0.05, 0.1) is 26.7 Å². The number of nitrogens with one attached hydrogen (secondary N) is 2.